The van der Waals surface area contributed by atoms with E-state index in [-0.39, 0.29) is 5.91 Å². The zero-order valence-corrected chi connectivity index (χ0v) is 14.4. The molecule has 0 unspecified atom stereocenters. The molecular formula is C16H19BrN4O. The second-order valence-corrected chi connectivity index (χ2v) is 6.37. The van der Waals surface area contributed by atoms with Gasteiger partial charge in [-0.2, -0.15) is 0 Å². The van der Waals surface area contributed by atoms with Crippen LogP contribution < -0.4 is 10.6 Å². The number of amides is 1. The van der Waals surface area contributed by atoms with Crippen LogP contribution in [0.15, 0.2) is 34.9 Å². The number of rotatable bonds is 5. The van der Waals surface area contributed by atoms with Crippen LogP contribution in [0.2, 0.25) is 0 Å². The van der Waals surface area contributed by atoms with Gasteiger partial charge in [0.05, 0.1) is 0 Å². The van der Waals surface area contributed by atoms with Crippen LogP contribution >= 0.6 is 15.9 Å². The molecule has 1 heterocycles. The Morgan fingerprint density at radius 3 is 2.77 bits per heavy atom. The van der Waals surface area contributed by atoms with Crippen LogP contribution in [-0.2, 0) is 0 Å². The number of anilines is 2. The van der Waals surface area contributed by atoms with Gasteiger partial charge < -0.3 is 10.6 Å². The Kier molecular flexibility index (Phi) is 5.49. The summed E-state index contributed by atoms with van der Waals surface area (Å²) >= 11 is 3.43. The fraction of sp³-hybridized carbons (Fsp3) is 0.312. The highest BCUT2D eigenvalue weighted by Gasteiger charge is 2.09. The lowest BCUT2D eigenvalue weighted by Gasteiger charge is -2.10. The van der Waals surface area contributed by atoms with Crippen molar-refractivity contribution in [1.29, 1.82) is 0 Å². The van der Waals surface area contributed by atoms with Gasteiger partial charge >= 0.3 is 0 Å². The predicted octanol–water partition coefficient (Wildman–Crippen LogP) is 3.68. The number of hydrogen-bond acceptors (Lipinski definition) is 4. The molecule has 1 aromatic carbocycles. The number of aromatic nitrogens is 2. The topological polar surface area (TPSA) is 66.9 Å². The van der Waals surface area contributed by atoms with E-state index >= 15 is 0 Å². The number of benzene rings is 1. The zero-order chi connectivity index (χ0) is 16.1. The minimum atomic E-state index is -0.188. The molecule has 0 saturated carbocycles. The molecule has 1 amide bonds. The van der Waals surface area contributed by atoms with Gasteiger partial charge in [-0.1, -0.05) is 29.8 Å². The highest BCUT2D eigenvalue weighted by molar-refractivity contribution is 9.10. The molecule has 5 nitrogen and oxygen atoms in total. The number of carbonyl (C=O) groups is 1. The first-order valence-electron chi connectivity index (χ1n) is 7.10. The summed E-state index contributed by atoms with van der Waals surface area (Å²) in [5.74, 6) is 0.614. The summed E-state index contributed by atoms with van der Waals surface area (Å²) in [4.78, 5) is 20.5. The minimum absolute atomic E-state index is 0.188. The first kappa shape index (κ1) is 16.4. The highest BCUT2D eigenvalue weighted by atomic mass is 79.9. The molecule has 0 atom stereocenters. The van der Waals surface area contributed by atoms with Crippen molar-refractivity contribution in [1.82, 2.24) is 15.3 Å². The van der Waals surface area contributed by atoms with Crippen LogP contribution in [0.4, 0.5) is 11.6 Å². The van der Waals surface area contributed by atoms with E-state index in [4.69, 9.17) is 0 Å². The monoisotopic (exact) mass is 362 g/mol. The Labute approximate surface area is 138 Å². The van der Waals surface area contributed by atoms with E-state index in [2.05, 4.69) is 36.5 Å². The highest BCUT2D eigenvalue weighted by Crippen LogP contribution is 2.22. The van der Waals surface area contributed by atoms with Crippen molar-refractivity contribution in [3.8, 4) is 0 Å². The van der Waals surface area contributed by atoms with Gasteiger partial charge in [0.1, 0.15) is 5.69 Å². The van der Waals surface area contributed by atoms with Crippen molar-refractivity contribution in [2.45, 2.75) is 20.8 Å². The standard InChI is InChI=1S/C16H19BrN4O/c1-10(2)9-19-15(22)14-6-7-18-16(21-14)20-13-5-4-12(17)8-11(13)3/h4-8,10H,9H2,1-3H3,(H,19,22)(H,18,20,21). The van der Waals surface area contributed by atoms with Crippen LogP contribution in [-0.4, -0.2) is 22.4 Å². The number of carbonyl (C=O) groups excluding carboxylic acids is 1. The Bertz CT molecular complexity index is 673. The normalized spacial score (nSPS) is 10.6. The number of halogens is 1. The second-order valence-electron chi connectivity index (χ2n) is 5.45. The van der Waals surface area contributed by atoms with Crippen molar-refractivity contribution < 1.29 is 4.79 Å². The molecule has 0 radical (unpaired) electrons. The molecule has 2 rings (SSSR count). The van der Waals surface area contributed by atoms with Crippen LogP contribution in [0.5, 0.6) is 0 Å². The van der Waals surface area contributed by atoms with Gasteiger partial charge in [-0.3, -0.25) is 4.79 Å². The summed E-state index contributed by atoms with van der Waals surface area (Å²) in [6.45, 7) is 6.71. The summed E-state index contributed by atoms with van der Waals surface area (Å²) in [5, 5.41) is 5.98. The molecule has 0 spiro atoms. The largest absolute Gasteiger partial charge is 0.350 e. The number of nitrogens with zero attached hydrogens (tertiary/aromatic N) is 2. The molecule has 116 valence electrons. The predicted molar refractivity (Wildman–Crippen MR) is 91.4 cm³/mol. The van der Waals surface area contributed by atoms with E-state index < -0.39 is 0 Å². The lowest BCUT2D eigenvalue weighted by molar-refractivity contribution is 0.0944. The molecule has 0 saturated heterocycles. The van der Waals surface area contributed by atoms with Gasteiger partial charge in [0.25, 0.3) is 5.91 Å². The van der Waals surface area contributed by atoms with E-state index in [9.17, 15) is 4.79 Å². The third-order valence-electron chi connectivity index (χ3n) is 2.99. The number of hydrogen-bond donors (Lipinski definition) is 2. The van der Waals surface area contributed by atoms with E-state index in [1.165, 1.54) is 0 Å². The van der Waals surface area contributed by atoms with Crippen LogP contribution in [0.25, 0.3) is 0 Å². The van der Waals surface area contributed by atoms with Crippen molar-refractivity contribution in [3.05, 3.63) is 46.2 Å². The lowest BCUT2D eigenvalue weighted by Crippen LogP contribution is -2.28. The quantitative estimate of drug-likeness (QED) is 0.851. The average molecular weight is 363 g/mol. The summed E-state index contributed by atoms with van der Waals surface area (Å²) in [7, 11) is 0. The maximum atomic E-state index is 12.0. The maximum absolute atomic E-state index is 12.0. The summed E-state index contributed by atoms with van der Waals surface area (Å²) in [6, 6.07) is 7.49. The Hall–Kier alpha value is -1.95. The van der Waals surface area contributed by atoms with Gasteiger partial charge in [-0.15, -0.1) is 0 Å². The van der Waals surface area contributed by atoms with Gasteiger partial charge in [-0.05, 0) is 42.7 Å². The second kappa shape index (κ2) is 7.35. The van der Waals surface area contributed by atoms with E-state index in [1.807, 2.05) is 39.0 Å². The van der Waals surface area contributed by atoms with E-state index in [0.717, 1.165) is 15.7 Å². The maximum Gasteiger partial charge on any atom is 0.270 e. The molecular weight excluding hydrogens is 344 g/mol. The third-order valence-corrected chi connectivity index (χ3v) is 3.49. The van der Waals surface area contributed by atoms with Crippen molar-refractivity contribution in [2.24, 2.45) is 5.92 Å². The number of nitrogens with one attached hydrogen (secondary N) is 2. The van der Waals surface area contributed by atoms with Gasteiger partial charge in [0.2, 0.25) is 5.95 Å². The molecule has 0 aliphatic heterocycles. The van der Waals surface area contributed by atoms with Gasteiger partial charge in [0.15, 0.2) is 0 Å². The summed E-state index contributed by atoms with van der Waals surface area (Å²) < 4.78 is 1.01. The van der Waals surface area contributed by atoms with Crippen LogP contribution in [0.1, 0.15) is 29.9 Å². The van der Waals surface area contributed by atoms with Crippen molar-refractivity contribution >= 4 is 33.5 Å². The van der Waals surface area contributed by atoms with Crippen molar-refractivity contribution in [3.63, 3.8) is 0 Å². The summed E-state index contributed by atoms with van der Waals surface area (Å²) in [6.07, 6.45) is 1.58. The van der Waals surface area contributed by atoms with Crippen LogP contribution in [0.3, 0.4) is 0 Å². The molecule has 0 fully saturated rings. The fourth-order valence-electron chi connectivity index (χ4n) is 1.82. The molecule has 0 aliphatic carbocycles. The smallest absolute Gasteiger partial charge is 0.270 e. The Morgan fingerprint density at radius 1 is 1.32 bits per heavy atom. The first-order valence-corrected chi connectivity index (χ1v) is 7.89. The SMILES string of the molecule is Cc1cc(Br)ccc1Nc1nccc(C(=O)NCC(C)C)n1. The van der Waals surface area contributed by atoms with Gasteiger partial charge in [-0.25, -0.2) is 9.97 Å². The third kappa shape index (κ3) is 4.53. The van der Waals surface area contributed by atoms with Crippen LogP contribution in [0, 0.1) is 12.8 Å². The number of aryl methyl sites for hydroxylation is 1. The molecule has 1 aromatic heterocycles. The lowest BCUT2D eigenvalue weighted by atomic mass is 10.2. The van der Waals surface area contributed by atoms with E-state index in [0.29, 0.717) is 24.1 Å². The molecule has 2 aromatic rings. The van der Waals surface area contributed by atoms with E-state index in [1.54, 1.807) is 12.3 Å². The molecule has 6 heteroatoms. The zero-order valence-electron chi connectivity index (χ0n) is 12.9. The molecule has 2 N–H and O–H groups in total. The Morgan fingerprint density at radius 2 is 2.09 bits per heavy atom. The Balaban J connectivity index is 2.12. The van der Waals surface area contributed by atoms with Gasteiger partial charge in [0, 0.05) is 22.9 Å². The average Bonchev–Trinajstić information content (AvgIpc) is 2.48. The van der Waals surface area contributed by atoms with Crippen molar-refractivity contribution in [2.75, 3.05) is 11.9 Å². The summed E-state index contributed by atoms with van der Waals surface area (Å²) in [5.41, 5.74) is 2.32. The fourth-order valence-corrected chi connectivity index (χ4v) is 2.30. The molecule has 22 heavy (non-hydrogen) atoms. The minimum Gasteiger partial charge on any atom is -0.350 e. The first-order chi connectivity index (χ1) is 10.5. The molecule has 0 bridgehead atoms. The molecule has 0 aliphatic rings.